The third-order valence-corrected chi connectivity index (χ3v) is 4.56. The molecule has 0 aliphatic carbocycles. The lowest BCUT2D eigenvalue weighted by molar-refractivity contribution is -0.148. The summed E-state index contributed by atoms with van der Waals surface area (Å²) in [6, 6.07) is 16.4. The predicted octanol–water partition coefficient (Wildman–Crippen LogP) is 2.82. The van der Waals surface area contributed by atoms with Crippen LogP contribution in [0.3, 0.4) is 0 Å². The fourth-order valence-corrected chi connectivity index (χ4v) is 2.97. The van der Waals surface area contributed by atoms with Gasteiger partial charge >= 0.3 is 11.9 Å². The van der Waals surface area contributed by atoms with Gasteiger partial charge in [-0.05, 0) is 29.8 Å². The highest BCUT2D eigenvalue weighted by Gasteiger charge is 2.08. The van der Waals surface area contributed by atoms with Gasteiger partial charge in [-0.1, -0.05) is 30.3 Å². The third-order valence-electron chi connectivity index (χ3n) is 3.55. The Bertz CT molecular complexity index is 762. The van der Waals surface area contributed by atoms with E-state index in [-0.39, 0.29) is 25.5 Å². The van der Waals surface area contributed by atoms with E-state index in [1.54, 1.807) is 36.0 Å². The fourth-order valence-electron chi connectivity index (χ4n) is 2.12. The lowest BCUT2D eigenvalue weighted by Crippen LogP contribution is -2.28. The van der Waals surface area contributed by atoms with Gasteiger partial charge in [-0.15, -0.1) is 11.8 Å². The number of methoxy groups -OCH3 is 1. The Morgan fingerprint density at radius 3 is 2.37 bits per heavy atom. The number of benzene rings is 2. The second-order valence-electron chi connectivity index (χ2n) is 5.54. The van der Waals surface area contributed by atoms with Crippen molar-refractivity contribution in [3.8, 4) is 0 Å². The van der Waals surface area contributed by atoms with Crippen LogP contribution in [0.2, 0.25) is 0 Å². The zero-order chi connectivity index (χ0) is 19.5. The summed E-state index contributed by atoms with van der Waals surface area (Å²) in [5.41, 5.74) is 1.26. The Labute approximate surface area is 162 Å². The molecule has 0 saturated heterocycles. The van der Waals surface area contributed by atoms with Gasteiger partial charge in [0.05, 0.1) is 19.1 Å². The average Bonchev–Trinajstić information content (AvgIpc) is 2.71. The van der Waals surface area contributed by atoms with Gasteiger partial charge in [-0.2, -0.15) is 0 Å². The van der Waals surface area contributed by atoms with Crippen LogP contribution in [0.15, 0.2) is 59.5 Å². The summed E-state index contributed by atoms with van der Waals surface area (Å²) in [7, 11) is 1.32. The Balaban J connectivity index is 1.62. The highest BCUT2D eigenvalue weighted by Crippen LogP contribution is 2.17. The number of amides is 1. The van der Waals surface area contributed by atoms with Crippen LogP contribution in [0.1, 0.15) is 22.3 Å². The average molecular weight is 387 g/mol. The molecule has 2 aromatic carbocycles. The number of carbonyl (C=O) groups excluding carboxylic acids is 3. The fraction of sp³-hybridized carbons (Fsp3) is 0.250. The van der Waals surface area contributed by atoms with Crippen molar-refractivity contribution in [3.63, 3.8) is 0 Å². The molecule has 0 aromatic heterocycles. The molecule has 7 heteroatoms. The molecule has 0 radical (unpaired) electrons. The Morgan fingerprint density at radius 2 is 1.70 bits per heavy atom. The SMILES string of the molecule is COC(=O)c1ccc(CNC(=O)COC(=O)CCSc2ccccc2)cc1. The van der Waals surface area contributed by atoms with E-state index in [2.05, 4.69) is 10.1 Å². The number of nitrogens with one attached hydrogen (secondary N) is 1. The van der Waals surface area contributed by atoms with Crippen molar-refractivity contribution in [2.45, 2.75) is 17.9 Å². The van der Waals surface area contributed by atoms with Gasteiger partial charge in [0.2, 0.25) is 0 Å². The van der Waals surface area contributed by atoms with Crippen molar-refractivity contribution in [2.75, 3.05) is 19.5 Å². The van der Waals surface area contributed by atoms with Crippen LogP contribution in [-0.4, -0.2) is 37.3 Å². The Hall–Kier alpha value is -2.80. The number of carbonyl (C=O) groups is 3. The number of hydrogen-bond donors (Lipinski definition) is 1. The molecule has 0 unspecified atom stereocenters. The van der Waals surface area contributed by atoms with E-state index in [1.165, 1.54) is 7.11 Å². The van der Waals surface area contributed by atoms with E-state index in [1.807, 2.05) is 30.3 Å². The van der Waals surface area contributed by atoms with E-state index in [0.29, 0.717) is 11.3 Å². The van der Waals surface area contributed by atoms with Crippen molar-refractivity contribution in [2.24, 2.45) is 0 Å². The molecule has 2 rings (SSSR count). The summed E-state index contributed by atoms with van der Waals surface area (Å²) in [5, 5.41) is 2.66. The molecule has 6 nitrogen and oxygen atoms in total. The molecule has 0 fully saturated rings. The van der Waals surface area contributed by atoms with Gasteiger partial charge in [-0.25, -0.2) is 4.79 Å². The Morgan fingerprint density at radius 1 is 1.00 bits per heavy atom. The summed E-state index contributed by atoms with van der Waals surface area (Å²) in [6.07, 6.45) is 0.238. The minimum absolute atomic E-state index is 0.238. The largest absolute Gasteiger partial charge is 0.465 e. The zero-order valence-corrected chi connectivity index (χ0v) is 15.8. The Kier molecular flexibility index (Phi) is 8.38. The second kappa shape index (κ2) is 11.0. The molecule has 27 heavy (non-hydrogen) atoms. The topological polar surface area (TPSA) is 81.7 Å². The van der Waals surface area contributed by atoms with E-state index in [4.69, 9.17) is 4.74 Å². The number of esters is 2. The first-order valence-corrected chi connectivity index (χ1v) is 9.34. The van der Waals surface area contributed by atoms with Crippen LogP contribution < -0.4 is 5.32 Å². The first kappa shape index (κ1) is 20.5. The normalized spacial score (nSPS) is 10.1. The maximum absolute atomic E-state index is 11.8. The minimum atomic E-state index is -0.414. The van der Waals surface area contributed by atoms with Gasteiger partial charge in [-0.3, -0.25) is 9.59 Å². The van der Waals surface area contributed by atoms with Crippen LogP contribution in [0, 0.1) is 0 Å². The first-order valence-electron chi connectivity index (χ1n) is 8.36. The molecule has 0 bridgehead atoms. The lowest BCUT2D eigenvalue weighted by atomic mass is 10.1. The monoisotopic (exact) mass is 387 g/mol. The van der Waals surface area contributed by atoms with Gasteiger partial charge < -0.3 is 14.8 Å². The molecule has 1 amide bonds. The molecule has 2 aromatic rings. The van der Waals surface area contributed by atoms with Crippen LogP contribution in [0.25, 0.3) is 0 Å². The van der Waals surface area contributed by atoms with Crippen molar-refractivity contribution in [3.05, 3.63) is 65.7 Å². The lowest BCUT2D eigenvalue weighted by Gasteiger charge is -2.07. The van der Waals surface area contributed by atoms with Crippen LogP contribution in [0.4, 0.5) is 0 Å². The summed E-state index contributed by atoms with van der Waals surface area (Å²) in [5.74, 6) is -0.605. The highest BCUT2D eigenvalue weighted by atomic mass is 32.2. The maximum atomic E-state index is 11.8. The highest BCUT2D eigenvalue weighted by molar-refractivity contribution is 7.99. The molecule has 0 heterocycles. The van der Waals surface area contributed by atoms with Gasteiger partial charge in [0.1, 0.15) is 0 Å². The molecule has 1 N–H and O–H groups in total. The number of rotatable bonds is 9. The second-order valence-corrected chi connectivity index (χ2v) is 6.71. The quantitative estimate of drug-likeness (QED) is 0.526. The van der Waals surface area contributed by atoms with Gasteiger partial charge in [0.25, 0.3) is 5.91 Å². The predicted molar refractivity (Wildman–Crippen MR) is 102 cm³/mol. The molecule has 142 valence electrons. The first-order chi connectivity index (χ1) is 13.1. The number of ether oxygens (including phenoxy) is 2. The third kappa shape index (κ3) is 7.53. The molecule has 0 aliphatic heterocycles. The summed E-state index contributed by atoms with van der Waals surface area (Å²) in [6.45, 7) is -0.0310. The molecule has 0 aliphatic rings. The molecule has 0 atom stereocenters. The van der Waals surface area contributed by atoms with E-state index >= 15 is 0 Å². The minimum Gasteiger partial charge on any atom is -0.465 e. The van der Waals surface area contributed by atoms with Crippen molar-refractivity contribution >= 4 is 29.6 Å². The van der Waals surface area contributed by atoms with Crippen molar-refractivity contribution in [1.29, 1.82) is 0 Å². The van der Waals surface area contributed by atoms with Crippen LogP contribution in [-0.2, 0) is 25.6 Å². The summed E-state index contributed by atoms with van der Waals surface area (Å²) >= 11 is 1.56. The molecule has 0 spiro atoms. The summed E-state index contributed by atoms with van der Waals surface area (Å²) < 4.78 is 9.59. The van der Waals surface area contributed by atoms with Crippen molar-refractivity contribution in [1.82, 2.24) is 5.32 Å². The molecular formula is C20H21NO5S. The van der Waals surface area contributed by atoms with E-state index < -0.39 is 11.9 Å². The number of hydrogen-bond acceptors (Lipinski definition) is 6. The van der Waals surface area contributed by atoms with E-state index in [0.717, 1.165) is 10.5 Å². The standard InChI is InChI=1S/C20H21NO5S/c1-25-20(24)16-9-7-15(8-10-16)13-21-18(22)14-26-19(23)11-12-27-17-5-3-2-4-6-17/h2-10H,11-14H2,1H3,(H,21,22). The number of thioether (sulfide) groups is 1. The van der Waals surface area contributed by atoms with Crippen LogP contribution in [0.5, 0.6) is 0 Å². The zero-order valence-electron chi connectivity index (χ0n) is 15.0. The van der Waals surface area contributed by atoms with Crippen LogP contribution >= 0.6 is 11.8 Å². The van der Waals surface area contributed by atoms with E-state index in [9.17, 15) is 14.4 Å². The molecular weight excluding hydrogens is 366 g/mol. The molecule has 0 saturated carbocycles. The smallest absolute Gasteiger partial charge is 0.337 e. The van der Waals surface area contributed by atoms with Gasteiger partial charge in [0, 0.05) is 17.2 Å². The maximum Gasteiger partial charge on any atom is 0.337 e. The summed E-state index contributed by atoms with van der Waals surface area (Å²) in [4.78, 5) is 35.9. The van der Waals surface area contributed by atoms with Crippen molar-refractivity contribution < 1.29 is 23.9 Å². The van der Waals surface area contributed by atoms with Gasteiger partial charge in [0.15, 0.2) is 6.61 Å².